The fourth-order valence-electron chi connectivity index (χ4n) is 4.33. The number of rotatable bonds is 6. The van der Waals surface area contributed by atoms with Crippen molar-refractivity contribution in [1.29, 1.82) is 0 Å². The van der Waals surface area contributed by atoms with E-state index >= 15 is 0 Å². The van der Waals surface area contributed by atoms with E-state index in [2.05, 4.69) is 49.6 Å². The molecular weight excluding hydrogens is 440 g/mol. The molecule has 0 aliphatic heterocycles. The van der Waals surface area contributed by atoms with E-state index in [1.165, 1.54) is 11.1 Å². The van der Waals surface area contributed by atoms with Crippen LogP contribution in [0.2, 0.25) is 0 Å². The molecule has 5 rings (SSSR count). The number of benzene rings is 1. The first-order valence-corrected chi connectivity index (χ1v) is 11.7. The van der Waals surface area contributed by atoms with Crippen molar-refractivity contribution in [3.05, 3.63) is 78.5 Å². The number of aromatic nitrogens is 5. The molecule has 1 aliphatic rings. The Morgan fingerprint density at radius 3 is 2.31 bits per heavy atom. The molecule has 0 unspecified atom stereocenters. The van der Waals surface area contributed by atoms with Crippen LogP contribution in [0, 0.1) is 0 Å². The van der Waals surface area contributed by atoms with Gasteiger partial charge in [-0.1, -0.05) is 24.3 Å². The van der Waals surface area contributed by atoms with Crippen LogP contribution in [0.3, 0.4) is 0 Å². The van der Waals surface area contributed by atoms with Gasteiger partial charge in [0.1, 0.15) is 17.8 Å². The number of fused-ring (bicyclic) bond motifs is 1. The lowest BCUT2D eigenvalue weighted by atomic mass is 10.1. The molecule has 0 fully saturated rings. The summed E-state index contributed by atoms with van der Waals surface area (Å²) in [5.74, 6) is 0.249. The maximum atomic E-state index is 12.4. The minimum absolute atomic E-state index is 0.0120. The van der Waals surface area contributed by atoms with Crippen LogP contribution in [0.25, 0.3) is 22.4 Å². The number of carbonyl (C=O) groups excluding carboxylic acids is 1. The number of hydrogen-bond donors (Lipinski definition) is 1. The number of nitrogens with zero attached hydrogens (tertiary/aromatic N) is 5. The van der Waals surface area contributed by atoms with E-state index in [0.29, 0.717) is 5.95 Å². The Labute approximate surface area is 204 Å². The molecule has 0 saturated heterocycles. The van der Waals surface area contributed by atoms with Gasteiger partial charge in [0.25, 0.3) is 0 Å². The number of pyridine rings is 1. The molecule has 1 aromatic carbocycles. The van der Waals surface area contributed by atoms with Gasteiger partial charge in [0.15, 0.2) is 0 Å². The van der Waals surface area contributed by atoms with E-state index in [-0.39, 0.29) is 18.6 Å². The van der Waals surface area contributed by atoms with Crippen LogP contribution in [0.4, 0.5) is 5.95 Å². The molecule has 0 atom stereocenters. The fourth-order valence-corrected chi connectivity index (χ4v) is 4.33. The highest BCUT2D eigenvalue weighted by Crippen LogP contribution is 2.31. The zero-order valence-corrected chi connectivity index (χ0v) is 20.1. The van der Waals surface area contributed by atoms with Gasteiger partial charge in [-0.2, -0.15) is 5.10 Å². The highest BCUT2D eigenvalue weighted by Gasteiger charge is 2.22. The van der Waals surface area contributed by atoms with E-state index in [0.717, 1.165) is 35.2 Å². The molecule has 1 aliphatic carbocycles. The van der Waals surface area contributed by atoms with Gasteiger partial charge in [-0.15, -0.1) is 0 Å². The average molecular weight is 469 g/mol. The minimum Gasteiger partial charge on any atom is -0.459 e. The van der Waals surface area contributed by atoms with Gasteiger partial charge in [0.2, 0.25) is 5.95 Å². The third-order valence-electron chi connectivity index (χ3n) is 5.77. The summed E-state index contributed by atoms with van der Waals surface area (Å²) in [4.78, 5) is 25.6. The summed E-state index contributed by atoms with van der Waals surface area (Å²) in [6, 6.07) is 12.6. The first-order valence-electron chi connectivity index (χ1n) is 11.7. The summed E-state index contributed by atoms with van der Waals surface area (Å²) < 4.78 is 7.06. The second kappa shape index (κ2) is 9.29. The van der Waals surface area contributed by atoms with E-state index in [9.17, 15) is 4.79 Å². The first-order chi connectivity index (χ1) is 16.8. The largest absolute Gasteiger partial charge is 0.459 e. The van der Waals surface area contributed by atoms with Gasteiger partial charge in [0, 0.05) is 53.7 Å². The van der Waals surface area contributed by atoms with Gasteiger partial charge in [-0.3, -0.25) is 14.5 Å². The lowest BCUT2D eigenvalue weighted by Gasteiger charge is -2.19. The third-order valence-corrected chi connectivity index (χ3v) is 5.77. The Morgan fingerprint density at radius 1 is 1.03 bits per heavy atom. The molecule has 8 heteroatoms. The van der Waals surface area contributed by atoms with Crippen molar-refractivity contribution >= 4 is 11.9 Å². The number of anilines is 1. The number of esters is 1. The highest BCUT2D eigenvalue weighted by molar-refractivity contribution is 5.80. The van der Waals surface area contributed by atoms with Crippen molar-refractivity contribution in [1.82, 2.24) is 24.7 Å². The summed E-state index contributed by atoms with van der Waals surface area (Å²) in [6.07, 6.45) is 10.8. The van der Waals surface area contributed by atoms with Crippen molar-refractivity contribution in [2.45, 2.75) is 51.8 Å². The van der Waals surface area contributed by atoms with Crippen LogP contribution in [-0.4, -0.2) is 42.3 Å². The summed E-state index contributed by atoms with van der Waals surface area (Å²) in [5, 5.41) is 8.13. The topological polar surface area (TPSA) is 94.8 Å². The molecule has 0 spiro atoms. The SMILES string of the molecule is CC(C)(C)OC(=O)Cn1cc(-c2cnc(NC3Cc4ccccc4C3)nc2)c(-c2ccncc2)n1. The second-order valence-electron chi connectivity index (χ2n) is 9.72. The molecule has 3 aromatic heterocycles. The number of nitrogens with one attached hydrogen (secondary N) is 1. The van der Waals surface area contributed by atoms with E-state index in [1.54, 1.807) is 29.5 Å². The maximum Gasteiger partial charge on any atom is 0.328 e. The zero-order chi connectivity index (χ0) is 24.4. The van der Waals surface area contributed by atoms with Crippen molar-refractivity contribution < 1.29 is 9.53 Å². The zero-order valence-electron chi connectivity index (χ0n) is 20.1. The lowest BCUT2D eigenvalue weighted by molar-refractivity contribution is -0.155. The van der Waals surface area contributed by atoms with E-state index < -0.39 is 5.60 Å². The third kappa shape index (κ3) is 5.37. The van der Waals surface area contributed by atoms with Gasteiger partial charge in [-0.25, -0.2) is 9.97 Å². The van der Waals surface area contributed by atoms with Gasteiger partial charge < -0.3 is 10.1 Å². The maximum absolute atomic E-state index is 12.4. The standard InChI is InChI=1S/C27H28N6O2/c1-27(2,3)35-24(34)17-33-16-23(25(32-33)18-8-10-28-11-9-18)21-14-29-26(30-15-21)31-22-12-19-6-4-5-7-20(19)13-22/h4-11,14-16,22H,12-13,17H2,1-3H3,(H,29,30,31). The Morgan fingerprint density at radius 2 is 1.69 bits per heavy atom. The van der Waals surface area contributed by atoms with Gasteiger partial charge >= 0.3 is 5.97 Å². The summed E-state index contributed by atoms with van der Waals surface area (Å²) in [5.41, 5.74) is 5.46. The second-order valence-corrected chi connectivity index (χ2v) is 9.72. The molecule has 8 nitrogen and oxygen atoms in total. The molecule has 0 bridgehead atoms. The van der Waals surface area contributed by atoms with Crippen molar-refractivity contribution in [2.75, 3.05) is 5.32 Å². The number of hydrogen-bond acceptors (Lipinski definition) is 7. The molecule has 35 heavy (non-hydrogen) atoms. The Bertz CT molecular complexity index is 1300. The summed E-state index contributed by atoms with van der Waals surface area (Å²) >= 11 is 0. The summed E-state index contributed by atoms with van der Waals surface area (Å²) in [6.45, 7) is 5.55. The number of ether oxygens (including phenoxy) is 1. The molecule has 0 saturated carbocycles. The number of carbonyl (C=O) groups is 1. The van der Waals surface area contributed by atoms with Gasteiger partial charge in [0.05, 0.1) is 0 Å². The fraction of sp³-hybridized carbons (Fsp3) is 0.296. The quantitative estimate of drug-likeness (QED) is 0.421. The average Bonchev–Trinajstić information content (AvgIpc) is 3.42. The first kappa shape index (κ1) is 22.7. The molecule has 3 heterocycles. The molecule has 4 aromatic rings. The Kier molecular flexibility index (Phi) is 6.03. The van der Waals surface area contributed by atoms with Crippen molar-refractivity contribution in [3.63, 3.8) is 0 Å². The Balaban J connectivity index is 1.37. The molecule has 0 radical (unpaired) electrons. The molecular formula is C27H28N6O2. The van der Waals surface area contributed by atoms with Crippen LogP contribution >= 0.6 is 0 Å². The monoisotopic (exact) mass is 468 g/mol. The van der Waals surface area contributed by atoms with Crippen LogP contribution < -0.4 is 5.32 Å². The normalized spacial score (nSPS) is 13.5. The van der Waals surface area contributed by atoms with Crippen molar-refractivity contribution in [2.24, 2.45) is 0 Å². The predicted octanol–water partition coefficient (Wildman–Crippen LogP) is 4.32. The molecule has 178 valence electrons. The highest BCUT2D eigenvalue weighted by atomic mass is 16.6. The molecule has 1 N–H and O–H groups in total. The van der Waals surface area contributed by atoms with E-state index in [1.807, 2.05) is 39.1 Å². The van der Waals surface area contributed by atoms with E-state index in [4.69, 9.17) is 4.74 Å². The predicted molar refractivity (Wildman–Crippen MR) is 134 cm³/mol. The summed E-state index contributed by atoms with van der Waals surface area (Å²) in [7, 11) is 0. The Hall–Kier alpha value is -4.07. The van der Waals surface area contributed by atoms with Crippen LogP contribution in [-0.2, 0) is 28.9 Å². The van der Waals surface area contributed by atoms with Crippen LogP contribution in [0.15, 0.2) is 67.4 Å². The molecule has 0 amide bonds. The van der Waals surface area contributed by atoms with Crippen LogP contribution in [0.1, 0.15) is 31.9 Å². The van der Waals surface area contributed by atoms with Crippen molar-refractivity contribution in [3.8, 4) is 22.4 Å². The van der Waals surface area contributed by atoms with Crippen LogP contribution in [0.5, 0.6) is 0 Å². The smallest absolute Gasteiger partial charge is 0.328 e. The lowest BCUT2D eigenvalue weighted by Crippen LogP contribution is -2.26. The van der Waals surface area contributed by atoms with Gasteiger partial charge in [-0.05, 0) is 56.9 Å². The minimum atomic E-state index is -0.557.